The van der Waals surface area contributed by atoms with Crippen LogP contribution in [0.3, 0.4) is 0 Å². The molecule has 0 aliphatic carbocycles. The minimum atomic E-state index is -0.842. The van der Waals surface area contributed by atoms with Gasteiger partial charge in [0.25, 0.3) is 0 Å². The summed E-state index contributed by atoms with van der Waals surface area (Å²) >= 11 is 0. The average molecular weight is 258 g/mol. The van der Waals surface area contributed by atoms with E-state index in [0.717, 1.165) is 0 Å². The lowest BCUT2D eigenvalue weighted by molar-refractivity contribution is 1.07. The van der Waals surface area contributed by atoms with Crippen molar-refractivity contribution in [3.8, 4) is 0 Å². The maximum absolute atomic E-state index is 2.34. The Morgan fingerprint density at radius 2 is 1.17 bits per heavy atom. The molecule has 1 heteroatoms. The van der Waals surface area contributed by atoms with Crippen LogP contribution in [0.25, 0.3) is 0 Å². The molecule has 18 heavy (non-hydrogen) atoms. The molecule has 0 amide bonds. The first-order chi connectivity index (χ1) is 8.83. The molecule has 0 fully saturated rings. The van der Waals surface area contributed by atoms with E-state index >= 15 is 0 Å². The molecule has 2 aromatic rings. The van der Waals surface area contributed by atoms with E-state index in [1.165, 1.54) is 27.7 Å². The van der Waals surface area contributed by atoms with Crippen LogP contribution in [0.2, 0.25) is 0 Å². The normalized spacial score (nSPS) is 12.3. The topological polar surface area (TPSA) is 0 Å². The lowest BCUT2D eigenvalue weighted by atomic mass is 10.4. The number of benzene rings is 2. The van der Waals surface area contributed by atoms with Gasteiger partial charge >= 0.3 is 0 Å². The quantitative estimate of drug-likeness (QED) is 0.679. The third kappa shape index (κ3) is 2.46. The van der Waals surface area contributed by atoms with Crippen LogP contribution in [0.5, 0.6) is 0 Å². The summed E-state index contributed by atoms with van der Waals surface area (Å²) in [5.41, 5.74) is 0. The van der Waals surface area contributed by atoms with E-state index in [0.29, 0.717) is 0 Å². The minimum Gasteiger partial charge on any atom is -0.188 e. The highest BCUT2D eigenvalue weighted by atomic mass is 32.3. The van der Waals surface area contributed by atoms with Gasteiger partial charge in [-0.3, -0.25) is 0 Å². The van der Waals surface area contributed by atoms with Crippen molar-refractivity contribution in [1.29, 1.82) is 0 Å². The van der Waals surface area contributed by atoms with E-state index in [9.17, 15) is 0 Å². The molecule has 0 atom stereocenters. The standard InChI is InChI=1S/C17H22S/c1-3-15-18(4-2,16-11-7-5-8-12-16)17-13-9-6-10-14-17/h5-14H,3-4,15H2,1-2H3. The van der Waals surface area contributed by atoms with Gasteiger partial charge in [-0.2, -0.15) is 10.0 Å². The first kappa shape index (κ1) is 13.2. The lowest BCUT2D eigenvalue weighted by Crippen LogP contribution is -2.09. The van der Waals surface area contributed by atoms with Crippen molar-refractivity contribution < 1.29 is 0 Å². The summed E-state index contributed by atoms with van der Waals surface area (Å²) in [6.07, 6.45) is 1.24. The Morgan fingerprint density at radius 3 is 1.50 bits per heavy atom. The van der Waals surface area contributed by atoms with E-state index < -0.39 is 10.0 Å². The summed E-state index contributed by atoms with van der Waals surface area (Å²) in [7, 11) is -0.842. The number of hydrogen-bond acceptors (Lipinski definition) is 0. The van der Waals surface area contributed by atoms with E-state index in [1.807, 2.05) is 0 Å². The summed E-state index contributed by atoms with van der Waals surface area (Å²) in [6.45, 7) is 4.63. The molecule has 0 aliphatic rings. The van der Waals surface area contributed by atoms with Gasteiger partial charge in [-0.05, 0) is 52.0 Å². The van der Waals surface area contributed by atoms with Gasteiger partial charge in [0.15, 0.2) is 0 Å². The van der Waals surface area contributed by atoms with Crippen LogP contribution in [-0.4, -0.2) is 11.5 Å². The van der Waals surface area contributed by atoms with Crippen LogP contribution < -0.4 is 0 Å². The summed E-state index contributed by atoms with van der Waals surface area (Å²) < 4.78 is 0. The smallest absolute Gasteiger partial charge is 0.00593 e. The van der Waals surface area contributed by atoms with Crippen molar-refractivity contribution in [3.63, 3.8) is 0 Å². The van der Waals surface area contributed by atoms with Gasteiger partial charge in [0, 0.05) is 0 Å². The highest BCUT2D eigenvalue weighted by molar-refractivity contribution is 8.33. The third-order valence-corrected chi connectivity index (χ3v) is 7.87. The summed E-state index contributed by atoms with van der Waals surface area (Å²) in [4.78, 5) is 3.06. The van der Waals surface area contributed by atoms with Gasteiger partial charge in [0.1, 0.15) is 0 Å². The second-order valence-corrected chi connectivity index (χ2v) is 8.20. The van der Waals surface area contributed by atoms with Gasteiger partial charge in [0.2, 0.25) is 0 Å². The Bertz CT molecular complexity index is 422. The molecule has 0 saturated heterocycles. The van der Waals surface area contributed by atoms with Gasteiger partial charge in [0.05, 0.1) is 0 Å². The molecule has 2 aromatic carbocycles. The van der Waals surface area contributed by atoms with E-state index in [-0.39, 0.29) is 0 Å². The van der Waals surface area contributed by atoms with Crippen molar-refractivity contribution in [2.75, 3.05) is 11.5 Å². The van der Waals surface area contributed by atoms with Crippen LogP contribution in [0.4, 0.5) is 0 Å². The zero-order chi connectivity index (χ0) is 12.8. The highest BCUT2D eigenvalue weighted by Crippen LogP contribution is 2.62. The van der Waals surface area contributed by atoms with Crippen LogP contribution in [0.15, 0.2) is 70.5 Å². The van der Waals surface area contributed by atoms with Crippen LogP contribution in [-0.2, 0) is 0 Å². The lowest BCUT2D eigenvalue weighted by Gasteiger charge is -2.40. The molecule has 0 saturated carbocycles. The van der Waals surface area contributed by atoms with Gasteiger partial charge in [-0.1, -0.05) is 50.2 Å². The van der Waals surface area contributed by atoms with Crippen molar-refractivity contribution >= 4 is 10.0 Å². The molecule has 0 bridgehead atoms. The van der Waals surface area contributed by atoms with E-state index in [4.69, 9.17) is 0 Å². The maximum atomic E-state index is 2.34. The van der Waals surface area contributed by atoms with Gasteiger partial charge in [-0.25, -0.2) is 0 Å². The van der Waals surface area contributed by atoms with Crippen molar-refractivity contribution in [3.05, 3.63) is 60.7 Å². The molecule has 0 aliphatic heterocycles. The Labute approximate surface area is 112 Å². The predicted octanol–water partition coefficient (Wildman–Crippen LogP) is 5.34. The fraction of sp³-hybridized carbons (Fsp3) is 0.294. The molecule has 0 aromatic heterocycles. The Morgan fingerprint density at radius 1 is 0.722 bits per heavy atom. The molecule has 0 radical (unpaired) electrons. The van der Waals surface area contributed by atoms with Crippen LogP contribution in [0, 0.1) is 0 Å². The summed E-state index contributed by atoms with van der Waals surface area (Å²) in [6, 6.07) is 22.1. The Hall–Kier alpha value is -1.21. The summed E-state index contributed by atoms with van der Waals surface area (Å²) in [5.74, 6) is 2.52. The molecule has 0 heterocycles. The minimum absolute atomic E-state index is 0.842. The number of rotatable bonds is 5. The zero-order valence-electron chi connectivity index (χ0n) is 11.3. The average Bonchev–Trinajstić information content (AvgIpc) is 2.47. The van der Waals surface area contributed by atoms with Crippen molar-refractivity contribution in [1.82, 2.24) is 0 Å². The highest BCUT2D eigenvalue weighted by Gasteiger charge is 2.25. The molecule has 2 rings (SSSR count). The zero-order valence-corrected chi connectivity index (χ0v) is 12.1. The first-order valence-electron chi connectivity index (χ1n) is 6.72. The van der Waals surface area contributed by atoms with Crippen LogP contribution in [0.1, 0.15) is 20.3 Å². The molecule has 0 unspecified atom stereocenters. The monoisotopic (exact) mass is 258 g/mol. The second-order valence-electron chi connectivity index (χ2n) is 4.50. The first-order valence-corrected chi connectivity index (χ1v) is 8.69. The fourth-order valence-electron chi connectivity index (χ4n) is 2.56. The summed E-state index contributed by atoms with van der Waals surface area (Å²) in [5, 5.41) is 0. The van der Waals surface area contributed by atoms with E-state index in [1.54, 1.807) is 0 Å². The maximum Gasteiger partial charge on any atom is -0.00593 e. The Balaban J connectivity index is 2.53. The molecule has 0 spiro atoms. The Kier molecular flexibility index (Phi) is 4.48. The number of hydrogen-bond donors (Lipinski definition) is 0. The van der Waals surface area contributed by atoms with Crippen molar-refractivity contribution in [2.24, 2.45) is 0 Å². The third-order valence-electron chi connectivity index (χ3n) is 3.43. The SMILES string of the molecule is CCCS(CC)(c1ccccc1)c1ccccc1. The second kappa shape index (κ2) is 6.10. The van der Waals surface area contributed by atoms with E-state index in [2.05, 4.69) is 74.5 Å². The van der Waals surface area contributed by atoms with Gasteiger partial charge in [-0.15, -0.1) is 0 Å². The fourth-order valence-corrected chi connectivity index (χ4v) is 6.31. The molecule has 0 nitrogen and oxygen atoms in total. The molecule has 0 N–H and O–H groups in total. The van der Waals surface area contributed by atoms with Gasteiger partial charge < -0.3 is 0 Å². The molecular formula is C17H22S. The van der Waals surface area contributed by atoms with Crippen LogP contribution >= 0.6 is 10.0 Å². The molecule has 96 valence electrons. The molecular weight excluding hydrogens is 236 g/mol. The predicted molar refractivity (Wildman–Crippen MR) is 82.7 cm³/mol. The van der Waals surface area contributed by atoms with Crippen molar-refractivity contribution in [2.45, 2.75) is 30.1 Å². The largest absolute Gasteiger partial charge is 0.188 e.